The number of nitrogens with zero attached hydrogens (tertiary/aromatic N) is 2. The summed E-state index contributed by atoms with van der Waals surface area (Å²) in [5.41, 5.74) is 1.14. The summed E-state index contributed by atoms with van der Waals surface area (Å²) in [4.78, 5) is 27.1. The highest BCUT2D eigenvalue weighted by molar-refractivity contribution is 7.89. The molecular formula is C24H32FN3O4S. The minimum Gasteiger partial charge on any atom is -0.354 e. The fourth-order valence-corrected chi connectivity index (χ4v) is 4.22. The van der Waals surface area contributed by atoms with Crippen LogP contribution in [0.5, 0.6) is 0 Å². The number of carbonyl (C=O) groups is 2. The summed E-state index contributed by atoms with van der Waals surface area (Å²) in [5, 5.41) is 2.77. The van der Waals surface area contributed by atoms with E-state index in [1.807, 2.05) is 20.8 Å². The first-order chi connectivity index (χ1) is 15.4. The average molecular weight is 478 g/mol. The number of sulfonamides is 1. The molecule has 0 unspecified atom stereocenters. The lowest BCUT2D eigenvalue weighted by Crippen LogP contribution is -2.51. The zero-order valence-electron chi connectivity index (χ0n) is 19.7. The van der Waals surface area contributed by atoms with Crippen LogP contribution in [0.3, 0.4) is 0 Å². The summed E-state index contributed by atoms with van der Waals surface area (Å²) in [6.07, 6.45) is 0. The molecular weight excluding hydrogens is 445 g/mol. The summed E-state index contributed by atoms with van der Waals surface area (Å²) < 4.78 is 41.1. The topological polar surface area (TPSA) is 86.8 Å². The molecule has 0 aliphatic rings. The molecule has 0 bridgehead atoms. The molecule has 0 fully saturated rings. The second-order valence-electron chi connectivity index (χ2n) is 8.50. The van der Waals surface area contributed by atoms with Gasteiger partial charge in [-0.25, -0.2) is 12.8 Å². The van der Waals surface area contributed by atoms with E-state index in [0.29, 0.717) is 6.54 Å². The van der Waals surface area contributed by atoms with Gasteiger partial charge in [-0.15, -0.1) is 0 Å². The lowest BCUT2D eigenvalue weighted by molar-refractivity contribution is -0.140. The Morgan fingerprint density at radius 2 is 1.64 bits per heavy atom. The molecule has 1 N–H and O–H groups in total. The summed E-state index contributed by atoms with van der Waals surface area (Å²) in [5.74, 6) is -1.30. The van der Waals surface area contributed by atoms with E-state index in [1.165, 1.54) is 42.3 Å². The smallest absolute Gasteiger partial charge is 0.243 e. The number of hydrogen-bond donors (Lipinski definition) is 1. The fourth-order valence-electron chi connectivity index (χ4n) is 3.10. The number of likely N-dealkylation sites (N-methyl/N-ethyl adjacent to an activating group) is 1. The predicted molar refractivity (Wildman–Crippen MR) is 125 cm³/mol. The van der Waals surface area contributed by atoms with Crippen molar-refractivity contribution in [2.45, 2.75) is 45.2 Å². The van der Waals surface area contributed by atoms with Gasteiger partial charge in [0.15, 0.2) is 0 Å². The number of nitrogens with one attached hydrogen (secondary N) is 1. The van der Waals surface area contributed by atoms with Crippen LogP contribution in [0.4, 0.5) is 4.39 Å². The van der Waals surface area contributed by atoms with Gasteiger partial charge in [-0.2, -0.15) is 4.31 Å². The van der Waals surface area contributed by atoms with Crippen LogP contribution in [0, 0.1) is 18.7 Å². The standard InChI is InChI=1S/C24H32FN3O4S/c1-17(2)14-26-24(30)19(4)28(15-20-8-6-7-9-22(20)25)23(29)16-27(5)33(31,32)21-12-10-18(3)11-13-21/h6-13,17,19H,14-16H2,1-5H3,(H,26,30)/t19-/m1/s1. The summed E-state index contributed by atoms with van der Waals surface area (Å²) >= 11 is 0. The highest BCUT2D eigenvalue weighted by atomic mass is 32.2. The number of rotatable bonds is 10. The molecule has 2 rings (SSSR count). The maximum atomic E-state index is 14.3. The zero-order chi connectivity index (χ0) is 24.8. The molecule has 0 saturated carbocycles. The van der Waals surface area contributed by atoms with Crippen LogP contribution in [0.2, 0.25) is 0 Å². The van der Waals surface area contributed by atoms with Crippen LogP contribution < -0.4 is 5.32 Å². The Bertz CT molecular complexity index is 1070. The van der Waals surface area contributed by atoms with Gasteiger partial charge in [-0.05, 0) is 38.0 Å². The molecule has 0 aliphatic heterocycles. The van der Waals surface area contributed by atoms with Crippen molar-refractivity contribution in [2.24, 2.45) is 5.92 Å². The van der Waals surface area contributed by atoms with Crippen LogP contribution in [0.25, 0.3) is 0 Å². The molecule has 180 valence electrons. The second-order valence-corrected chi connectivity index (χ2v) is 10.5. The average Bonchev–Trinajstić information content (AvgIpc) is 2.76. The van der Waals surface area contributed by atoms with Crippen LogP contribution in [-0.4, -0.2) is 55.6 Å². The quantitative estimate of drug-likeness (QED) is 0.570. The van der Waals surface area contributed by atoms with E-state index in [2.05, 4.69) is 5.32 Å². The fraction of sp³-hybridized carbons (Fsp3) is 0.417. The van der Waals surface area contributed by atoms with Gasteiger partial charge in [0.25, 0.3) is 0 Å². The second kappa shape index (κ2) is 11.4. The van der Waals surface area contributed by atoms with Gasteiger partial charge in [-0.1, -0.05) is 49.7 Å². The van der Waals surface area contributed by atoms with Gasteiger partial charge in [-0.3, -0.25) is 9.59 Å². The van der Waals surface area contributed by atoms with Crippen LogP contribution >= 0.6 is 0 Å². The molecule has 2 aromatic rings. The normalized spacial score (nSPS) is 12.6. The van der Waals surface area contributed by atoms with E-state index in [4.69, 9.17) is 0 Å². The molecule has 33 heavy (non-hydrogen) atoms. The Labute approximate surface area is 195 Å². The third kappa shape index (κ3) is 7.10. The Hall–Kier alpha value is -2.78. The van der Waals surface area contributed by atoms with Crippen LogP contribution in [0.15, 0.2) is 53.4 Å². The van der Waals surface area contributed by atoms with Gasteiger partial charge in [0.05, 0.1) is 11.4 Å². The maximum Gasteiger partial charge on any atom is 0.243 e. The van der Waals surface area contributed by atoms with Crippen molar-refractivity contribution in [1.29, 1.82) is 0 Å². The number of amides is 2. The molecule has 0 radical (unpaired) electrons. The molecule has 0 aromatic heterocycles. The number of halogens is 1. The van der Waals surface area contributed by atoms with Crippen molar-refractivity contribution >= 4 is 21.8 Å². The summed E-state index contributed by atoms with van der Waals surface area (Å²) in [6, 6.07) is 11.4. The number of benzene rings is 2. The Morgan fingerprint density at radius 1 is 1.03 bits per heavy atom. The molecule has 0 spiro atoms. The van der Waals surface area contributed by atoms with Crippen molar-refractivity contribution < 1.29 is 22.4 Å². The zero-order valence-corrected chi connectivity index (χ0v) is 20.5. The van der Waals surface area contributed by atoms with E-state index in [0.717, 1.165) is 9.87 Å². The van der Waals surface area contributed by atoms with Gasteiger partial charge in [0.2, 0.25) is 21.8 Å². The lowest BCUT2D eigenvalue weighted by Gasteiger charge is -2.30. The van der Waals surface area contributed by atoms with E-state index in [9.17, 15) is 22.4 Å². The van der Waals surface area contributed by atoms with Gasteiger partial charge < -0.3 is 10.2 Å². The van der Waals surface area contributed by atoms with Gasteiger partial charge in [0.1, 0.15) is 11.9 Å². The van der Waals surface area contributed by atoms with E-state index < -0.39 is 40.2 Å². The van der Waals surface area contributed by atoms with E-state index in [-0.39, 0.29) is 22.9 Å². The minimum absolute atomic E-state index is 0.0618. The number of carbonyl (C=O) groups excluding carboxylic acids is 2. The number of aryl methyl sites for hydroxylation is 1. The third-order valence-corrected chi connectivity index (χ3v) is 7.06. The molecule has 7 nitrogen and oxygen atoms in total. The Morgan fingerprint density at radius 3 is 2.21 bits per heavy atom. The third-order valence-electron chi connectivity index (χ3n) is 5.24. The minimum atomic E-state index is -3.92. The Kier molecular flexibility index (Phi) is 9.13. The lowest BCUT2D eigenvalue weighted by atomic mass is 10.1. The molecule has 0 heterocycles. The highest BCUT2D eigenvalue weighted by Gasteiger charge is 2.30. The van der Waals surface area contributed by atoms with Crippen molar-refractivity contribution in [2.75, 3.05) is 20.1 Å². The van der Waals surface area contributed by atoms with Crippen molar-refractivity contribution in [3.8, 4) is 0 Å². The van der Waals surface area contributed by atoms with Gasteiger partial charge in [0, 0.05) is 25.7 Å². The maximum absolute atomic E-state index is 14.3. The molecule has 2 aromatic carbocycles. The Balaban J connectivity index is 2.27. The molecule has 0 aliphatic carbocycles. The van der Waals surface area contributed by atoms with Gasteiger partial charge >= 0.3 is 0 Å². The first-order valence-electron chi connectivity index (χ1n) is 10.8. The predicted octanol–water partition coefficient (Wildman–Crippen LogP) is 2.94. The van der Waals surface area contributed by atoms with Crippen molar-refractivity contribution in [3.63, 3.8) is 0 Å². The SMILES string of the molecule is Cc1ccc(S(=O)(=O)N(C)CC(=O)N(Cc2ccccc2F)[C@H](C)C(=O)NCC(C)C)cc1. The van der Waals surface area contributed by atoms with Crippen molar-refractivity contribution in [1.82, 2.24) is 14.5 Å². The number of hydrogen-bond acceptors (Lipinski definition) is 4. The van der Waals surface area contributed by atoms with Crippen molar-refractivity contribution in [3.05, 3.63) is 65.5 Å². The molecule has 1 atom stereocenters. The molecule has 0 saturated heterocycles. The van der Waals surface area contributed by atoms with E-state index in [1.54, 1.807) is 25.1 Å². The molecule has 2 amide bonds. The van der Waals surface area contributed by atoms with Crippen LogP contribution in [0.1, 0.15) is 31.9 Å². The van der Waals surface area contributed by atoms with E-state index >= 15 is 0 Å². The first kappa shape index (κ1) is 26.5. The highest BCUT2D eigenvalue weighted by Crippen LogP contribution is 2.17. The largest absolute Gasteiger partial charge is 0.354 e. The van der Waals surface area contributed by atoms with Crippen LogP contribution in [-0.2, 0) is 26.2 Å². The monoisotopic (exact) mass is 477 g/mol. The summed E-state index contributed by atoms with van der Waals surface area (Å²) in [7, 11) is -2.62. The summed E-state index contributed by atoms with van der Waals surface area (Å²) in [6.45, 7) is 7.04. The first-order valence-corrected chi connectivity index (χ1v) is 12.2. The molecule has 9 heteroatoms.